The Hall–Kier alpha value is -4.11. The molecule has 1 aliphatic heterocycles. The van der Waals surface area contributed by atoms with Crippen LogP contribution in [0.4, 0.5) is 0 Å². The summed E-state index contributed by atoms with van der Waals surface area (Å²) in [5.41, 5.74) is 4.64. The van der Waals surface area contributed by atoms with Crippen LogP contribution in [-0.4, -0.2) is 34.9 Å². The van der Waals surface area contributed by atoms with Gasteiger partial charge in [0.05, 0.1) is 32.6 Å². The standard InChI is InChI=1S/C37H35ClN2O5/c38-32-21-39-33(37(40-32)44-25-30-19-11-4-12-20-30)35-36(43-24-29-17-9-3-10-18-29)34(42-23-28-15-7-2-8-16-28)31(45-35)26-41-22-27-13-5-1-6-14-27/h1-21,31,34-36H,22-26H2/t31-,34-,35+,36-/m1/s1. The van der Waals surface area contributed by atoms with Crippen molar-refractivity contribution in [3.05, 3.63) is 161 Å². The Morgan fingerprint density at radius 2 is 1.09 bits per heavy atom. The van der Waals surface area contributed by atoms with Crippen LogP contribution in [0.5, 0.6) is 5.88 Å². The second-order valence-electron chi connectivity index (χ2n) is 10.8. The van der Waals surface area contributed by atoms with E-state index in [1.807, 2.05) is 121 Å². The van der Waals surface area contributed by atoms with Crippen molar-refractivity contribution >= 4 is 11.6 Å². The molecule has 8 heteroatoms. The summed E-state index contributed by atoms with van der Waals surface area (Å²) in [4.78, 5) is 9.18. The molecule has 4 aromatic carbocycles. The van der Waals surface area contributed by atoms with Crippen molar-refractivity contribution in [1.82, 2.24) is 9.97 Å². The van der Waals surface area contributed by atoms with Gasteiger partial charge < -0.3 is 23.7 Å². The summed E-state index contributed by atoms with van der Waals surface area (Å²) < 4.78 is 32.4. The average Bonchev–Trinajstić information content (AvgIpc) is 3.44. The normalized spacial score (nSPS) is 19.4. The Labute approximate surface area is 268 Å². The van der Waals surface area contributed by atoms with Crippen LogP contribution in [0.1, 0.15) is 34.1 Å². The van der Waals surface area contributed by atoms with Crippen LogP contribution in [0, 0.1) is 0 Å². The van der Waals surface area contributed by atoms with Gasteiger partial charge in [-0.1, -0.05) is 133 Å². The second-order valence-corrected chi connectivity index (χ2v) is 11.2. The van der Waals surface area contributed by atoms with Gasteiger partial charge in [-0.05, 0) is 22.3 Å². The smallest absolute Gasteiger partial charge is 0.240 e. The molecule has 0 unspecified atom stereocenters. The summed E-state index contributed by atoms with van der Waals surface area (Å²) in [7, 11) is 0. The van der Waals surface area contributed by atoms with Gasteiger partial charge in [0, 0.05) is 0 Å². The van der Waals surface area contributed by atoms with Gasteiger partial charge >= 0.3 is 0 Å². The summed E-state index contributed by atoms with van der Waals surface area (Å²) in [5, 5.41) is 0.223. The van der Waals surface area contributed by atoms with Gasteiger partial charge in [0.1, 0.15) is 36.7 Å². The van der Waals surface area contributed by atoms with Crippen LogP contribution >= 0.6 is 11.6 Å². The monoisotopic (exact) mass is 622 g/mol. The first-order valence-electron chi connectivity index (χ1n) is 15.0. The van der Waals surface area contributed by atoms with E-state index < -0.39 is 24.4 Å². The average molecular weight is 623 g/mol. The minimum Gasteiger partial charge on any atom is -0.471 e. The number of aromatic nitrogens is 2. The molecule has 4 atom stereocenters. The zero-order chi connectivity index (χ0) is 30.7. The van der Waals surface area contributed by atoms with Crippen LogP contribution in [0.15, 0.2) is 128 Å². The van der Waals surface area contributed by atoms with Gasteiger partial charge in [0.25, 0.3) is 0 Å². The molecular weight excluding hydrogens is 588 g/mol. The maximum Gasteiger partial charge on any atom is 0.240 e. The minimum atomic E-state index is -0.657. The zero-order valence-corrected chi connectivity index (χ0v) is 25.5. The highest BCUT2D eigenvalue weighted by molar-refractivity contribution is 6.29. The first-order chi connectivity index (χ1) is 22.2. The lowest BCUT2D eigenvalue weighted by Crippen LogP contribution is -2.38. The lowest BCUT2D eigenvalue weighted by Gasteiger charge is -2.25. The number of halogens is 1. The Bertz CT molecular complexity index is 1600. The van der Waals surface area contributed by atoms with E-state index in [0.29, 0.717) is 32.1 Å². The maximum atomic E-state index is 6.72. The van der Waals surface area contributed by atoms with Crippen molar-refractivity contribution in [3.63, 3.8) is 0 Å². The third-order valence-corrected chi connectivity index (χ3v) is 7.68. The van der Waals surface area contributed by atoms with E-state index in [1.54, 1.807) is 0 Å². The van der Waals surface area contributed by atoms with E-state index in [2.05, 4.69) is 9.97 Å². The molecule has 230 valence electrons. The lowest BCUT2D eigenvalue weighted by molar-refractivity contribution is -0.0898. The Kier molecular flexibility index (Phi) is 10.8. The highest BCUT2D eigenvalue weighted by Gasteiger charge is 2.49. The van der Waals surface area contributed by atoms with Crippen LogP contribution in [0.3, 0.4) is 0 Å². The minimum absolute atomic E-state index is 0.223. The van der Waals surface area contributed by atoms with Gasteiger partial charge in [-0.2, -0.15) is 4.98 Å². The van der Waals surface area contributed by atoms with Gasteiger partial charge in [0.2, 0.25) is 5.88 Å². The van der Waals surface area contributed by atoms with Crippen LogP contribution in [0.2, 0.25) is 5.15 Å². The molecule has 0 aliphatic carbocycles. The van der Waals surface area contributed by atoms with E-state index in [9.17, 15) is 0 Å². The number of rotatable bonds is 14. The van der Waals surface area contributed by atoms with E-state index in [-0.39, 0.29) is 17.6 Å². The maximum absolute atomic E-state index is 6.72. The van der Waals surface area contributed by atoms with E-state index in [1.165, 1.54) is 6.20 Å². The quantitative estimate of drug-likeness (QED) is 0.127. The molecule has 0 radical (unpaired) electrons. The van der Waals surface area contributed by atoms with Gasteiger partial charge in [-0.3, -0.25) is 0 Å². The summed E-state index contributed by atoms with van der Waals surface area (Å²) >= 11 is 6.31. The first-order valence-corrected chi connectivity index (χ1v) is 15.4. The van der Waals surface area contributed by atoms with Gasteiger partial charge in [-0.15, -0.1) is 0 Å². The number of hydrogen-bond acceptors (Lipinski definition) is 7. The molecule has 0 bridgehead atoms. The predicted octanol–water partition coefficient (Wildman–Crippen LogP) is 7.54. The summed E-state index contributed by atoms with van der Waals surface area (Å²) in [5.74, 6) is 0.289. The number of nitrogens with zero attached hydrogens (tertiary/aromatic N) is 2. The van der Waals surface area contributed by atoms with Crippen LogP contribution in [0.25, 0.3) is 0 Å². The largest absolute Gasteiger partial charge is 0.471 e. The van der Waals surface area contributed by atoms with Crippen LogP contribution < -0.4 is 4.74 Å². The molecule has 2 heterocycles. The summed E-state index contributed by atoms with van der Waals surface area (Å²) in [6.07, 6.45) is -0.635. The molecule has 5 aromatic rings. The first kappa shape index (κ1) is 30.9. The van der Waals surface area contributed by atoms with E-state index >= 15 is 0 Å². The van der Waals surface area contributed by atoms with Gasteiger partial charge in [-0.25, -0.2) is 4.98 Å². The molecule has 6 rings (SSSR count). The molecular formula is C37H35ClN2O5. The number of ether oxygens (including phenoxy) is 5. The van der Waals surface area contributed by atoms with E-state index in [0.717, 1.165) is 22.3 Å². The molecule has 1 aromatic heterocycles. The van der Waals surface area contributed by atoms with Crippen molar-refractivity contribution < 1.29 is 23.7 Å². The summed E-state index contributed by atoms with van der Waals surface area (Å²) in [6, 6.07) is 40.0. The highest BCUT2D eigenvalue weighted by atomic mass is 35.5. The molecule has 0 saturated carbocycles. The summed E-state index contributed by atoms with van der Waals surface area (Å²) in [6.45, 7) is 1.76. The van der Waals surface area contributed by atoms with Crippen LogP contribution in [-0.2, 0) is 45.4 Å². The molecule has 1 aliphatic rings. The molecule has 1 saturated heterocycles. The molecule has 0 amide bonds. The van der Waals surface area contributed by atoms with Crippen molar-refractivity contribution in [3.8, 4) is 5.88 Å². The fourth-order valence-electron chi connectivity index (χ4n) is 5.25. The van der Waals surface area contributed by atoms with Crippen molar-refractivity contribution in [2.75, 3.05) is 6.61 Å². The van der Waals surface area contributed by atoms with Crippen molar-refractivity contribution in [2.24, 2.45) is 0 Å². The fourth-order valence-corrected chi connectivity index (χ4v) is 5.38. The highest BCUT2D eigenvalue weighted by Crippen LogP contribution is 2.41. The predicted molar refractivity (Wildman–Crippen MR) is 172 cm³/mol. The zero-order valence-electron chi connectivity index (χ0n) is 24.8. The molecule has 45 heavy (non-hydrogen) atoms. The molecule has 0 spiro atoms. The molecule has 1 fully saturated rings. The second kappa shape index (κ2) is 15.8. The topological polar surface area (TPSA) is 71.9 Å². The Balaban J connectivity index is 1.29. The number of benzene rings is 4. The third kappa shape index (κ3) is 8.54. The Morgan fingerprint density at radius 3 is 1.64 bits per heavy atom. The molecule has 7 nitrogen and oxygen atoms in total. The van der Waals surface area contributed by atoms with Crippen molar-refractivity contribution in [1.29, 1.82) is 0 Å². The lowest BCUT2D eigenvalue weighted by atomic mass is 10.0. The van der Waals surface area contributed by atoms with Gasteiger partial charge in [0.15, 0.2) is 5.15 Å². The molecule has 0 N–H and O–H groups in total. The SMILES string of the molecule is Clc1cnc([C@@H]2O[C@H](COCc3ccccc3)[C@@H](OCc3ccccc3)[C@H]2OCc2ccccc2)c(OCc2ccccc2)n1. The number of hydrogen-bond donors (Lipinski definition) is 0. The van der Waals surface area contributed by atoms with Crippen molar-refractivity contribution in [2.45, 2.75) is 50.8 Å². The Morgan fingerprint density at radius 1 is 0.600 bits per heavy atom. The fraction of sp³-hybridized carbons (Fsp3) is 0.243. The third-order valence-electron chi connectivity index (χ3n) is 7.50. The van der Waals surface area contributed by atoms with E-state index in [4.69, 9.17) is 35.3 Å².